The van der Waals surface area contributed by atoms with Crippen molar-refractivity contribution in [2.24, 2.45) is 7.05 Å². The fourth-order valence-corrected chi connectivity index (χ4v) is 2.35. The van der Waals surface area contributed by atoms with Crippen molar-refractivity contribution in [3.05, 3.63) is 54.5 Å². The number of hydrogen-bond donors (Lipinski definition) is 2. The Bertz CT molecular complexity index is 827. The summed E-state index contributed by atoms with van der Waals surface area (Å²) in [6.07, 6.45) is 5.22. The molecule has 4 N–H and O–H groups in total. The van der Waals surface area contributed by atoms with Gasteiger partial charge in [-0.05, 0) is 30.7 Å². The highest BCUT2D eigenvalue weighted by Crippen LogP contribution is 2.30. The molecular formula is C17H19N5O. The molecule has 3 rings (SSSR count). The smallest absolute Gasteiger partial charge is 0.166 e. The maximum Gasteiger partial charge on any atom is 0.166 e. The molecule has 3 aromatic rings. The van der Waals surface area contributed by atoms with Crippen LogP contribution in [-0.2, 0) is 7.05 Å². The van der Waals surface area contributed by atoms with Crippen molar-refractivity contribution in [3.63, 3.8) is 0 Å². The van der Waals surface area contributed by atoms with Gasteiger partial charge in [-0.2, -0.15) is 5.10 Å². The second-order valence-corrected chi connectivity index (χ2v) is 5.44. The second kappa shape index (κ2) is 6.00. The van der Waals surface area contributed by atoms with Gasteiger partial charge in [-0.25, -0.2) is 4.98 Å². The van der Waals surface area contributed by atoms with Crippen molar-refractivity contribution in [1.82, 2.24) is 14.8 Å². The monoisotopic (exact) mass is 309 g/mol. The average molecular weight is 309 g/mol. The molecule has 1 aromatic carbocycles. The molecule has 0 aliphatic heterocycles. The molecule has 0 amide bonds. The molecule has 118 valence electrons. The Labute approximate surface area is 134 Å². The first-order chi connectivity index (χ1) is 11.0. The van der Waals surface area contributed by atoms with Gasteiger partial charge in [-0.3, -0.25) is 4.68 Å². The third-order valence-electron chi connectivity index (χ3n) is 3.60. The molecule has 1 atom stereocenters. The van der Waals surface area contributed by atoms with Gasteiger partial charge < -0.3 is 16.2 Å². The number of nitrogen functional groups attached to an aromatic ring is 2. The van der Waals surface area contributed by atoms with Crippen LogP contribution in [0, 0.1) is 0 Å². The van der Waals surface area contributed by atoms with Crippen LogP contribution in [0.3, 0.4) is 0 Å². The largest absolute Gasteiger partial charge is 0.482 e. The van der Waals surface area contributed by atoms with Crippen LogP contribution in [0.15, 0.2) is 48.9 Å². The quantitative estimate of drug-likeness (QED) is 0.723. The van der Waals surface area contributed by atoms with E-state index in [-0.39, 0.29) is 6.10 Å². The minimum absolute atomic E-state index is 0.188. The molecule has 0 bridgehead atoms. The summed E-state index contributed by atoms with van der Waals surface area (Å²) in [5.41, 5.74) is 15.3. The van der Waals surface area contributed by atoms with Crippen LogP contribution < -0.4 is 16.2 Å². The van der Waals surface area contributed by atoms with Gasteiger partial charge in [0.25, 0.3) is 0 Å². The van der Waals surface area contributed by atoms with Crippen LogP contribution in [0.2, 0.25) is 0 Å². The highest BCUT2D eigenvalue weighted by molar-refractivity contribution is 5.65. The van der Waals surface area contributed by atoms with Crippen LogP contribution >= 0.6 is 0 Å². The number of nitrogens with zero attached hydrogens (tertiary/aromatic N) is 3. The van der Waals surface area contributed by atoms with Crippen LogP contribution in [-0.4, -0.2) is 14.8 Å². The number of aromatic nitrogens is 3. The number of anilines is 2. The topological polar surface area (TPSA) is 92.0 Å². The zero-order valence-corrected chi connectivity index (χ0v) is 13.1. The van der Waals surface area contributed by atoms with E-state index in [9.17, 15) is 0 Å². The number of nitrogens with two attached hydrogens (primary N) is 2. The van der Waals surface area contributed by atoms with Crippen LogP contribution in [0.4, 0.5) is 11.5 Å². The van der Waals surface area contributed by atoms with Crippen molar-refractivity contribution < 1.29 is 4.74 Å². The summed E-state index contributed by atoms with van der Waals surface area (Å²) in [5.74, 6) is 0.898. The molecule has 2 aromatic heterocycles. The minimum Gasteiger partial charge on any atom is -0.482 e. The van der Waals surface area contributed by atoms with Crippen molar-refractivity contribution in [1.29, 1.82) is 0 Å². The van der Waals surface area contributed by atoms with Gasteiger partial charge in [0.1, 0.15) is 6.10 Å². The van der Waals surface area contributed by atoms with E-state index in [0.29, 0.717) is 17.3 Å². The Morgan fingerprint density at radius 3 is 2.65 bits per heavy atom. The van der Waals surface area contributed by atoms with Gasteiger partial charge in [0.2, 0.25) is 0 Å². The summed E-state index contributed by atoms with van der Waals surface area (Å²) in [7, 11) is 1.87. The summed E-state index contributed by atoms with van der Waals surface area (Å²) < 4.78 is 7.72. The molecule has 0 aliphatic carbocycles. The fourth-order valence-electron chi connectivity index (χ4n) is 2.35. The maximum atomic E-state index is 5.98. The summed E-state index contributed by atoms with van der Waals surface area (Å²) in [5, 5.41) is 4.17. The first kappa shape index (κ1) is 14.9. The van der Waals surface area contributed by atoms with Crippen molar-refractivity contribution in [3.8, 4) is 16.9 Å². The van der Waals surface area contributed by atoms with Gasteiger partial charge in [0.05, 0.1) is 6.20 Å². The number of aryl methyl sites for hydroxylation is 1. The molecule has 0 fully saturated rings. The van der Waals surface area contributed by atoms with Crippen LogP contribution in [0.5, 0.6) is 5.75 Å². The van der Waals surface area contributed by atoms with E-state index in [1.54, 1.807) is 17.1 Å². The van der Waals surface area contributed by atoms with E-state index in [1.807, 2.05) is 50.5 Å². The molecule has 6 heteroatoms. The van der Waals surface area contributed by atoms with Gasteiger partial charge >= 0.3 is 0 Å². The number of rotatable bonds is 4. The average Bonchev–Trinajstić information content (AvgIpc) is 2.96. The molecule has 0 aliphatic rings. The summed E-state index contributed by atoms with van der Waals surface area (Å²) >= 11 is 0. The van der Waals surface area contributed by atoms with E-state index in [0.717, 1.165) is 16.7 Å². The highest BCUT2D eigenvalue weighted by atomic mass is 16.5. The van der Waals surface area contributed by atoms with Gasteiger partial charge in [-0.1, -0.05) is 12.1 Å². The van der Waals surface area contributed by atoms with Crippen LogP contribution in [0.25, 0.3) is 11.1 Å². The zero-order chi connectivity index (χ0) is 16.4. The van der Waals surface area contributed by atoms with E-state index in [1.165, 1.54) is 0 Å². The van der Waals surface area contributed by atoms with E-state index in [4.69, 9.17) is 16.2 Å². The van der Waals surface area contributed by atoms with Crippen molar-refractivity contribution in [2.75, 3.05) is 11.5 Å². The van der Waals surface area contributed by atoms with E-state index >= 15 is 0 Å². The van der Waals surface area contributed by atoms with E-state index < -0.39 is 0 Å². The predicted octanol–water partition coefficient (Wildman–Crippen LogP) is 2.79. The van der Waals surface area contributed by atoms with Crippen LogP contribution in [0.1, 0.15) is 18.6 Å². The number of benzene rings is 1. The first-order valence-electron chi connectivity index (χ1n) is 7.29. The molecule has 0 saturated carbocycles. The fraction of sp³-hybridized carbons (Fsp3) is 0.176. The Morgan fingerprint density at radius 1 is 1.13 bits per heavy atom. The third-order valence-corrected chi connectivity index (χ3v) is 3.60. The molecule has 0 spiro atoms. The van der Waals surface area contributed by atoms with Gasteiger partial charge in [0.15, 0.2) is 11.6 Å². The van der Waals surface area contributed by atoms with Crippen molar-refractivity contribution in [2.45, 2.75) is 13.0 Å². The first-order valence-corrected chi connectivity index (χ1v) is 7.29. The predicted molar refractivity (Wildman–Crippen MR) is 90.7 cm³/mol. The maximum absolute atomic E-state index is 5.98. The third kappa shape index (κ3) is 3.26. The second-order valence-electron chi connectivity index (χ2n) is 5.44. The zero-order valence-electron chi connectivity index (χ0n) is 13.1. The molecule has 0 radical (unpaired) electrons. The Morgan fingerprint density at radius 2 is 1.96 bits per heavy atom. The summed E-state index contributed by atoms with van der Waals surface area (Å²) in [4.78, 5) is 4.22. The normalized spacial score (nSPS) is 12.1. The molecule has 0 saturated heterocycles. The highest BCUT2D eigenvalue weighted by Gasteiger charge is 2.12. The standard InChI is InChI=1S/C17H19N5O/c1-11(12-4-3-5-15(18)6-12)23-16-7-13(8-20-17(16)19)14-9-21-22(2)10-14/h3-11H,18H2,1-2H3,(H2,19,20)/t11-/m1/s1. The Kier molecular flexibility index (Phi) is 3.89. The Balaban J connectivity index is 1.87. The lowest BCUT2D eigenvalue weighted by molar-refractivity contribution is 0.228. The Hall–Kier alpha value is -3.02. The lowest BCUT2D eigenvalue weighted by Crippen LogP contribution is -2.06. The number of ether oxygens (including phenoxy) is 1. The molecule has 23 heavy (non-hydrogen) atoms. The lowest BCUT2D eigenvalue weighted by Gasteiger charge is -2.17. The SMILES string of the molecule is C[C@@H](Oc1cc(-c2cnn(C)c2)cnc1N)c1cccc(N)c1. The lowest BCUT2D eigenvalue weighted by atomic mass is 10.1. The number of pyridine rings is 1. The number of hydrogen-bond acceptors (Lipinski definition) is 5. The van der Waals surface area contributed by atoms with Gasteiger partial charge in [-0.15, -0.1) is 0 Å². The van der Waals surface area contributed by atoms with Crippen molar-refractivity contribution >= 4 is 11.5 Å². The summed E-state index contributed by atoms with van der Waals surface area (Å²) in [6, 6.07) is 9.48. The molecule has 2 heterocycles. The molecular weight excluding hydrogens is 290 g/mol. The minimum atomic E-state index is -0.188. The summed E-state index contributed by atoms with van der Waals surface area (Å²) in [6.45, 7) is 1.95. The molecule has 0 unspecified atom stereocenters. The molecule has 6 nitrogen and oxygen atoms in total. The van der Waals surface area contributed by atoms with Gasteiger partial charge in [0, 0.05) is 36.3 Å². The van der Waals surface area contributed by atoms with E-state index in [2.05, 4.69) is 10.1 Å².